The van der Waals surface area contributed by atoms with Crippen molar-refractivity contribution in [3.05, 3.63) is 47.7 Å². The number of hydrogen-bond donors (Lipinski definition) is 0. The molecule has 0 spiro atoms. The average molecular weight is 255 g/mol. The molecule has 2 heteroatoms. The SMILES string of the molecule is Cc1ccc(-c2ccc([Si](C)(C)C)cn2)cc1C. The largest absolute Gasteiger partial charge is 0.256 e. The lowest BCUT2D eigenvalue weighted by Gasteiger charge is -2.16. The van der Waals surface area contributed by atoms with Crippen molar-refractivity contribution < 1.29 is 0 Å². The van der Waals surface area contributed by atoms with E-state index in [9.17, 15) is 0 Å². The predicted molar refractivity (Wildman–Crippen MR) is 82.1 cm³/mol. The van der Waals surface area contributed by atoms with Crippen molar-refractivity contribution >= 4 is 13.3 Å². The summed E-state index contributed by atoms with van der Waals surface area (Å²) in [4.78, 5) is 4.62. The molecule has 1 nitrogen and oxygen atoms in total. The van der Waals surface area contributed by atoms with Crippen LogP contribution >= 0.6 is 0 Å². The number of aromatic nitrogens is 1. The van der Waals surface area contributed by atoms with Gasteiger partial charge >= 0.3 is 0 Å². The topological polar surface area (TPSA) is 12.9 Å². The van der Waals surface area contributed by atoms with Gasteiger partial charge in [-0.2, -0.15) is 0 Å². The van der Waals surface area contributed by atoms with Crippen molar-refractivity contribution in [3.63, 3.8) is 0 Å². The molecule has 1 heterocycles. The molecule has 0 N–H and O–H groups in total. The van der Waals surface area contributed by atoms with E-state index in [1.54, 1.807) is 0 Å². The highest BCUT2D eigenvalue weighted by Crippen LogP contribution is 2.19. The molecule has 0 aliphatic carbocycles. The molecule has 0 fully saturated rings. The summed E-state index contributed by atoms with van der Waals surface area (Å²) in [5.74, 6) is 0. The van der Waals surface area contributed by atoms with E-state index in [2.05, 4.69) is 75.0 Å². The Hall–Kier alpha value is -1.41. The second-order valence-corrected chi connectivity index (χ2v) is 11.1. The van der Waals surface area contributed by atoms with Gasteiger partial charge in [0.05, 0.1) is 13.8 Å². The van der Waals surface area contributed by atoms with E-state index in [0.29, 0.717) is 0 Å². The zero-order valence-electron chi connectivity index (χ0n) is 11.9. The molecular formula is C16H21NSi. The molecule has 0 saturated heterocycles. The van der Waals surface area contributed by atoms with Crippen LogP contribution in [0.3, 0.4) is 0 Å². The second-order valence-electron chi connectivity index (χ2n) is 5.98. The lowest BCUT2D eigenvalue weighted by Crippen LogP contribution is -2.37. The van der Waals surface area contributed by atoms with Crippen molar-refractivity contribution in [2.24, 2.45) is 0 Å². The standard InChI is InChI=1S/C16H21NSi/c1-12-6-7-14(10-13(12)2)16-9-8-15(11-17-16)18(3,4)5/h6-11H,1-5H3. The van der Waals surface area contributed by atoms with E-state index in [-0.39, 0.29) is 0 Å². The number of hydrogen-bond acceptors (Lipinski definition) is 1. The van der Waals surface area contributed by atoms with E-state index < -0.39 is 8.07 Å². The normalized spacial score (nSPS) is 11.6. The minimum atomic E-state index is -1.24. The quantitative estimate of drug-likeness (QED) is 0.741. The Labute approximate surface area is 111 Å². The Balaban J connectivity index is 2.37. The summed E-state index contributed by atoms with van der Waals surface area (Å²) in [6, 6.07) is 10.9. The smallest absolute Gasteiger partial charge is 0.0796 e. The van der Waals surface area contributed by atoms with E-state index >= 15 is 0 Å². The summed E-state index contributed by atoms with van der Waals surface area (Å²) >= 11 is 0. The lowest BCUT2D eigenvalue weighted by atomic mass is 10.0. The van der Waals surface area contributed by atoms with Gasteiger partial charge in [0.2, 0.25) is 0 Å². The van der Waals surface area contributed by atoms with E-state index in [4.69, 9.17) is 0 Å². The Morgan fingerprint density at radius 2 is 1.61 bits per heavy atom. The van der Waals surface area contributed by atoms with Gasteiger partial charge in [-0.1, -0.05) is 37.8 Å². The fourth-order valence-electron chi connectivity index (χ4n) is 1.91. The molecule has 18 heavy (non-hydrogen) atoms. The van der Waals surface area contributed by atoms with Gasteiger partial charge in [-0.15, -0.1) is 0 Å². The van der Waals surface area contributed by atoms with Gasteiger partial charge in [0.25, 0.3) is 0 Å². The molecule has 1 aromatic carbocycles. The van der Waals surface area contributed by atoms with Crippen LogP contribution in [0.1, 0.15) is 11.1 Å². The molecule has 2 rings (SSSR count). The first-order chi connectivity index (χ1) is 8.38. The predicted octanol–water partition coefficient (Wildman–Crippen LogP) is 3.91. The summed E-state index contributed by atoms with van der Waals surface area (Å²) in [5.41, 5.74) is 4.93. The molecule has 0 unspecified atom stereocenters. The molecule has 0 saturated carbocycles. The third-order valence-corrected chi connectivity index (χ3v) is 5.46. The third-order valence-electron chi connectivity index (χ3n) is 3.43. The molecule has 0 amide bonds. The highest BCUT2D eigenvalue weighted by molar-refractivity contribution is 6.88. The second kappa shape index (κ2) is 4.69. The number of rotatable bonds is 2. The van der Waals surface area contributed by atoms with Crippen LogP contribution in [0.25, 0.3) is 11.3 Å². The van der Waals surface area contributed by atoms with Crippen LogP contribution in [0, 0.1) is 13.8 Å². The minimum Gasteiger partial charge on any atom is -0.256 e. The molecule has 94 valence electrons. The fraction of sp³-hybridized carbons (Fsp3) is 0.312. The Morgan fingerprint density at radius 1 is 0.889 bits per heavy atom. The molecule has 0 radical (unpaired) electrons. The fourth-order valence-corrected chi connectivity index (χ4v) is 2.94. The number of aryl methyl sites for hydroxylation is 2. The van der Waals surface area contributed by atoms with Crippen LogP contribution in [0.2, 0.25) is 19.6 Å². The van der Waals surface area contributed by atoms with Crippen molar-refractivity contribution in [1.29, 1.82) is 0 Å². The maximum atomic E-state index is 4.62. The molecular weight excluding hydrogens is 234 g/mol. The molecule has 1 aromatic heterocycles. The Bertz CT molecular complexity index is 550. The van der Waals surface area contributed by atoms with Crippen LogP contribution in [-0.2, 0) is 0 Å². The van der Waals surface area contributed by atoms with Crippen LogP contribution in [0.5, 0.6) is 0 Å². The van der Waals surface area contributed by atoms with Gasteiger partial charge in [-0.3, -0.25) is 4.98 Å². The first-order valence-corrected chi connectivity index (χ1v) is 9.92. The van der Waals surface area contributed by atoms with Gasteiger partial charge in [0.1, 0.15) is 0 Å². The maximum Gasteiger partial charge on any atom is 0.0796 e. The molecule has 0 aliphatic heterocycles. The Morgan fingerprint density at radius 3 is 2.11 bits per heavy atom. The van der Waals surface area contributed by atoms with E-state index in [1.807, 2.05) is 0 Å². The van der Waals surface area contributed by atoms with Crippen LogP contribution in [0.15, 0.2) is 36.5 Å². The average Bonchev–Trinajstić information content (AvgIpc) is 2.32. The number of nitrogens with zero attached hydrogens (tertiary/aromatic N) is 1. The third kappa shape index (κ3) is 2.70. The van der Waals surface area contributed by atoms with E-state index in [0.717, 1.165) is 5.69 Å². The zero-order valence-corrected chi connectivity index (χ0v) is 12.9. The van der Waals surface area contributed by atoms with Gasteiger partial charge in [-0.05, 0) is 42.3 Å². The highest BCUT2D eigenvalue weighted by Gasteiger charge is 2.16. The van der Waals surface area contributed by atoms with E-state index in [1.165, 1.54) is 21.9 Å². The van der Waals surface area contributed by atoms with Gasteiger partial charge in [-0.25, -0.2) is 0 Å². The monoisotopic (exact) mass is 255 g/mol. The zero-order chi connectivity index (χ0) is 13.3. The highest BCUT2D eigenvalue weighted by atomic mass is 28.3. The molecule has 2 aromatic rings. The minimum absolute atomic E-state index is 1.07. The molecule has 0 bridgehead atoms. The maximum absolute atomic E-state index is 4.62. The van der Waals surface area contributed by atoms with Gasteiger partial charge in [0.15, 0.2) is 0 Å². The van der Waals surface area contributed by atoms with Crippen molar-refractivity contribution in [1.82, 2.24) is 4.98 Å². The number of pyridine rings is 1. The molecule has 0 atom stereocenters. The summed E-state index contributed by atoms with van der Waals surface area (Å²) in [6.45, 7) is 11.3. The first kappa shape index (κ1) is 13.0. The number of benzene rings is 1. The lowest BCUT2D eigenvalue weighted by molar-refractivity contribution is 1.30. The van der Waals surface area contributed by atoms with Crippen LogP contribution in [-0.4, -0.2) is 13.1 Å². The summed E-state index contributed by atoms with van der Waals surface area (Å²) in [6.07, 6.45) is 2.05. The van der Waals surface area contributed by atoms with Crippen molar-refractivity contribution in [3.8, 4) is 11.3 Å². The summed E-state index contributed by atoms with van der Waals surface area (Å²) in [7, 11) is -1.24. The Kier molecular flexibility index (Phi) is 3.40. The van der Waals surface area contributed by atoms with Gasteiger partial charge in [0, 0.05) is 11.8 Å². The molecule has 0 aliphatic rings. The summed E-state index contributed by atoms with van der Waals surface area (Å²) < 4.78 is 0. The van der Waals surface area contributed by atoms with Crippen molar-refractivity contribution in [2.75, 3.05) is 0 Å². The van der Waals surface area contributed by atoms with Crippen LogP contribution in [0.4, 0.5) is 0 Å². The van der Waals surface area contributed by atoms with Crippen LogP contribution < -0.4 is 5.19 Å². The van der Waals surface area contributed by atoms with Crippen molar-refractivity contribution in [2.45, 2.75) is 33.5 Å². The summed E-state index contributed by atoms with van der Waals surface area (Å²) in [5, 5.41) is 1.41. The first-order valence-electron chi connectivity index (χ1n) is 6.42. The van der Waals surface area contributed by atoms with Gasteiger partial charge < -0.3 is 0 Å².